The lowest BCUT2D eigenvalue weighted by molar-refractivity contribution is -0.117. The van der Waals surface area contributed by atoms with Gasteiger partial charge in [0.15, 0.2) is 0 Å². The van der Waals surface area contributed by atoms with Gasteiger partial charge in [-0.3, -0.25) is 9.78 Å². The van der Waals surface area contributed by atoms with Crippen molar-refractivity contribution in [3.63, 3.8) is 0 Å². The molecule has 0 N–H and O–H groups in total. The summed E-state index contributed by atoms with van der Waals surface area (Å²) in [5, 5.41) is 0. The van der Waals surface area contributed by atoms with Gasteiger partial charge in [-0.05, 0) is 36.1 Å². The molecule has 1 aliphatic rings. The van der Waals surface area contributed by atoms with Crippen molar-refractivity contribution in [2.24, 2.45) is 0 Å². The summed E-state index contributed by atoms with van der Waals surface area (Å²) in [5.74, 6) is 0. The molecule has 1 amide bonds. The molecule has 0 aliphatic carbocycles. The molecular formula is C12H14N2O. The van der Waals surface area contributed by atoms with E-state index in [0.29, 0.717) is 6.54 Å². The summed E-state index contributed by atoms with van der Waals surface area (Å²) < 4.78 is 0. The summed E-state index contributed by atoms with van der Waals surface area (Å²) in [6, 6.07) is 2.10. The number of aromatic nitrogens is 1. The van der Waals surface area contributed by atoms with Gasteiger partial charge in [-0.15, -0.1) is 0 Å². The Hall–Kier alpha value is -1.64. The first-order chi connectivity index (χ1) is 7.29. The maximum atomic E-state index is 10.7. The lowest BCUT2D eigenvalue weighted by atomic mass is 10.0. The molecule has 3 heteroatoms. The maximum absolute atomic E-state index is 10.7. The highest BCUT2D eigenvalue weighted by Crippen LogP contribution is 2.19. The number of carbonyl (C=O) groups excluding carboxylic acids is 1. The first-order valence-electron chi connectivity index (χ1n) is 5.10. The fourth-order valence-corrected chi connectivity index (χ4v) is 1.80. The zero-order chi connectivity index (χ0) is 10.7. The van der Waals surface area contributed by atoms with E-state index in [4.69, 9.17) is 0 Å². The van der Waals surface area contributed by atoms with Crippen LogP contribution in [-0.2, 0) is 4.79 Å². The van der Waals surface area contributed by atoms with Gasteiger partial charge in [0.25, 0.3) is 0 Å². The molecule has 0 atom stereocenters. The van der Waals surface area contributed by atoms with Crippen LogP contribution in [0.15, 0.2) is 24.5 Å². The zero-order valence-electron chi connectivity index (χ0n) is 8.81. The van der Waals surface area contributed by atoms with E-state index in [0.717, 1.165) is 30.5 Å². The van der Waals surface area contributed by atoms with Crippen molar-refractivity contribution in [2.75, 3.05) is 13.1 Å². The topological polar surface area (TPSA) is 33.2 Å². The number of rotatable bonds is 2. The molecule has 1 aliphatic heterocycles. The van der Waals surface area contributed by atoms with Gasteiger partial charge in [0, 0.05) is 25.5 Å². The monoisotopic (exact) mass is 202 g/mol. The molecule has 0 bridgehead atoms. The Morgan fingerprint density at radius 1 is 1.47 bits per heavy atom. The second-order valence-corrected chi connectivity index (χ2v) is 3.84. The number of nitrogens with zero attached hydrogens (tertiary/aromatic N) is 2. The predicted octanol–water partition coefficient (Wildman–Crippen LogP) is 1.64. The molecule has 0 saturated carbocycles. The van der Waals surface area contributed by atoms with E-state index in [9.17, 15) is 4.79 Å². The zero-order valence-corrected chi connectivity index (χ0v) is 8.81. The molecular weight excluding hydrogens is 188 g/mol. The number of hydrogen-bond donors (Lipinski definition) is 0. The standard InChI is InChI=1S/C12H14N2O/c1-10-5-12(7-13-6-10)11-3-2-4-14(8-11)9-15/h3,5-7,9H,2,4,8H2,1H3. The molecule has 1 aromatic rings. The van der Waals surface area contributed by atoms with Gasteiger partial charge < -0.3 is 4.90 Å². The third-order valence-electron chi connectivity index (χ3n) is 2.58. The van der Waals surface area contributed by atoms with E-state index in [1.165, 1.54) is 5.57 Å². The van der Waals surface area contributed by atoms with Crippen LogP contribution in [0.1, 0.15) is 17.5 Å². The highest BCUT2D eigenvalue weighted by Gasteiger charge is 2.12. The lowest BCUT2D eigenvalue weighted by Gasteiger charge is -2.23. The van der Waals surface area contributed by atoms with Gasteiger partial charge in [-0.2, -0.15) is 0 Å². The van der Waals surface area contributed by atoms with E-state index in [-0.39, 0.29) is 0 Å². The van der Waals surface area contributed by atoms with Crippen LogP contribution in [0.5, 0.6) is 0 Å². The molecule has 0 aromatic carbocycles. The molecule has 78 valence electrons. The van der Waals surface area contributed by atoms with Gasteiger partial charge in [0.2, 0.25) is 6.41 Å². The molecule has 0 spiro atoms. The van der Waals surface area contributed by atoms with Crippen molar-refractivity contribution in [2.45, 2.75) is 13.3 Å². The van der Waals surface area contributed by atoms with E-state index in [1.807, 2.05) is 19.3 Å². The Bertz CT molecular complexity index is 398. The van der Waals surface area contributed by atoms with Crippen molar-refractivity contribution < 1.29 is 4.79 Å². The largest absolute Gasteiger partial charge is 0.341 e. The molecule has 0 radical (unpaired) electrons. The fourth-order valence-electron chi connectivity index (χ4n) is 1.80. The molecule has 15 heavy (non-hydrogen) atoms. The van der Waals surface area contributed by atoms with E-state index >= 15 is 0 Å². The van der Waals surface area contributed by atoms with Crippen molar-refractivity contribution in [3.8, 4) is 0 Å². The Morgan fingerprint density at radius 2 is 2.33 bits per heavy atom. The van der Waals surface area contributed by atoms with E-state index < -0.39 is 0 Å². The quantitative estimate of drug-likeness (QED) is 0.683. The average Bonchev–Trinajstić information content (AvgIpc) is 2.29. The van der Waals surface area contributed by atoms with Gasteiger partial charge in [-0.25, -0.2) is 0 Å². The average molecular weight is 202 g/mol. The van der Waals surface area contributed by atoms with Gasteiger partial charge >= 0.3 is 0 Å². The smallest absolute Gasteiger partial charge is 0.210 e. The number of pyridine rings is 1. The Labute approximate surface area is 89.4 Å². The van der Waals surface area contributed by atoms with Crippen molar-refractivity contribution >= 4 is 12.0 Å². The minimum Gasteiger partial charge on any atom is -0.341 e. The summed E-state index contributed by atoms with van der Waals surface area (Å²) in [4.78, 5) is 16.6. The molecule has 0 fully saturated rings. The Kier molecular flexibility index (Phi) is 2.81. The van der Waals surface area contributed by atoms with Crippen LogP contribution in [0.2, 0.25) is 0 Å². The van der Waals surface area contributed by atoms with Gasteiger partial charge in [0.05, 0.1) is 0 Å². The molecule has 0 unspecified atom stereocenters. The van der Waals surface area contributed by atoms with Crippen LogP contribution in [0.3, 0.4) is 0 Å². The molecule has 2 heterocycles. The van der Waals surface area contributed by atoms with Crippen LogP contribution in [-0.4, -0.2) is 29.4 Å². The number of hydrogen-bond acceptors (Lipinski definition) is 2. The molecule has 0 saturated heterocycles. The van der Waals surface area contributed by atoms with Crippen LogP contribution >= 0.6 is 0 Å². The Morgan fingerprint density at radius 3 is 3.07 bits per heavy atom. The fraction of sp³-hybridized carbons (Fsp3) is 0.333. The van der Waals surface area contributed by atoms with E-state index in [1.54, 1.807) is 4.90 Å². The minimum absolute atomic E-state index is 0.703. The maximum Gasteiger partial charge on any atom is 0.210 e. The van der Waals surface area contributed by atoms with Gasteiger partial charge in [0.1, 0.15) is 0 Å². The summed E-state index contributed by atoms with van der Waals surface area (Å²) in [6.07, 6.45) is 7.73. The molecule has 3 nitrogen and oxygen atoms in total. The van der Waals surface area contributed by atoms with Gasteiger partial charge in [-0.1, -0.05) is 6.08 Å². The third-order valence-corrected chi connectivity index (χ3v) is 2.58. The molecule has 2 rings (SSSR count). The first-order valence-corrected chi connectivity index (χ1v) is 5.10. The van der Waals surface area contributed by atoms with Crippen molar-refractivity contribution in [1.82, 2.24) is 9.88 Å². The first kappa shape index (κ1) is 9.90. The summed E-state index contributed by atoms with van der Waals surface area (Å²) in [7, 11) is 0. The highest BCUT2D eigenvalue weighted by atomic mass is 16.1. The van der Waals surface area contributed by atoms with E-state index in [2.05, 4.69) is 17.1 Å². The van der Waals surface area contributed by atoms with Crippen LogP contribution in [0.25, 0.3) is 5.57 Å². The summed E-state index contributed by atoms with van der Waals surface area (Å²) in [6.45, 7) is 3.55. The van der Waals surface area contributed by atoms with Crippen molar-refractivity contribution in [3.05, 3.63) is 35.7 Å². The predicted molar refractivity (Wildman–Crippen MR) is 59.2 cm³/mol. The Balaban J connectivity index is 2.24. The summed E-state index contributed by atoms with van der Waals surface area (Å²) >= 11 is 0. The highest BCUT2D eigenvalue weighted by molar-refractivity contribution is 5.69. The lowest BCUT2D eigenvalue weighted by Crippen LogP contribution is -2.27. The second-order valence-electron chi connectivity index (χ2n) is 3.84. The van der Waals surface area contributed by atoms with Crippen LogP contribution < -0.4 is 0 Å². The van der Waals surface area contributed by atoms with Crippen LogP contribution in [0, 0.1) is 6.92 Å². The molecule has 1 aromatic heterocycles. The minimum atomic E-state index is 0.703. The normalized spacial score (nSPS) is 16.1. The number of aryl methyl sites for hydroxylation is 1. The van der Waals surface area contributed by atoms with Crippen molar-refractivity contribution in [1.29, 1.82) is 0 Å². The second kappa shape index (κ2) is 4.26. The third kappa shape index (κ3) is 2.24. The number of carbonyl (C=O) groups is 1. The SMILES string of the molecule is Cc1cncc(C2=CCCN(C=O)C2)c1. The number of amides is 1. The summed E-state index contributed by atoms with van der Waals surface area (Å²) in [5.41, 5.74) is 3.47. The van der Waals surface area contributed by atoms with Crippen LogP contribution in [0.4, 0.5) is 0 Å².